The second kappa shape index (κ2) is 4.92. The van der Waals surface area contributed by atoms with Crippen molar-refractivity contribution >= 4 is 22.6 Å². The van der Waals surface area contributed by atoms with E-state index in [9.17, 15) is 14.0 Å². The molecule has 2 N–H and O–H groups in total. The molecule has 3 rings (SSSR count). The summed E-state index contributed by atoms with van der Waals surface area (Å²) in [4.78, 5) is 23.4. The molecule has 1 heterocycles. The van der Waals surface area contributed by atoms with E-state index in [1.807, 2.05) is 0 Å². The molecule has 20 heavy (non-hydrogen) atoms. The van der Waals surface area contributed by atoms with Gasteiger partial charge in [0.05, 0.1) is 6.04 Å². The Bertz CT molecular complexity index is 699. The van der Waals surface area contributed by atoms with Crippen LogP contribution in [0.25, 0.3) is 10.8 Å². The van der Waals surface area contributed by atoms with Crippen LogP contribution in [0.5, 0.6) is 0 Å². The first kappa shape index (κ1) is 12.6. The van der Waals surface area contributed by atoms with Crippen molar-refractivity contribution in [2.45, 2.75) is 12.5 Å². The van der Waals surface area contributed by atoms with Crippen LogP contribution in [-0.2, 0) is 4.79 Å². The molecule has 1 saturated heterocycles. The molecule has 2 aromatic carbocycles. The predicted octanol–water partition coefficient (Wildman–Crippen LogP) is 1.60. The molecule has 1 aliphatic heterocycles. The van der Waals surface area contributed by atoms with Gasteiger partial charge in [-0.2, -0.15) is 0 Å². The van der Waals surface area contributed by atoms with Crippen LogP contribution < -0.4 is 10.6 Å². The van der Waals surface area contributed by atoms with Gasteiger partial charge in [0.15, 0.2) is 0 Å². The number of nitrogens with one attached hydrogen (secondary N) is 2. The first-order valence-electron chi connectivity index (χ1n) is 6.40. The summed E-state index contributed by atoms with van der Waals surface area (Å²) in [6, 6.07) is 9.39. The summed E-state index contributed by atoms with van der Waals surface area (Å²) in [5.41, 5.74) is 0.418. The van der Waals surface area contributed by atoms with Crippen LogP contribution in [0.1, 0.15) is 16.8 Å². The maximum absolute atomic E-state index is 13.7. The highest BCUT2D eigenvalue weighted by Gasteiger charge is 2.24. The van der Waals surface area contributed by atoms with Gasteiger partial charge in [-0.25, -0.2) is 4.39 Å². The van der Waals surface area contributed by atoms with E-state index in [1.165, 1.54) is 12.1 Å². The molecule has 2 amide bonds. The number of amides is 2. The Labute approximate surface area is 115 Å². The van der Waals surface area contributed by atoms with Crippen molar-refractivity contribution in [1.82, 2.24) is 10.6 Å². The lowest BCUT2D eigenvalue weighted by molar-refractivity contribution is -0.119. The Morgan fingerprint density at radius 2 is 1.95 bits per heavy atom. The van der Waals surface area contributed by atoms with Gasteiger partial charge >= 0.3 is 0 Å². The zero-order valence-corrected chi connectivity index (χ0v) is 10.7. The Morgan fingerprint density at radius 1 is 1.20 bits per heavy atom. The van der Waals surface area contributed by atoms with Crippen LogP contribution in [0.4, 0.5) is 4.39 Å². The lowest BCUT2D eigenvalue weighted by Crippen LogP contribution is -2.36. The van der Waals surface area contributed by atoms with E-state index in [4.69, 9.17) is 0 Å². The molecule has 0 radical (unpaired) electrons. The van der Waals surface area contributed by atoms with Gasteiger partial charge in [-0.05, 0) is 17.5 Å². The maximum Gasteiger partial charge on any atom is 0.252 e. The molecule has 2 aromatic rings. The van der Waals surface area contributed by atoms with Gasteiger partial charge in [-0.1, -0.05) is 24.3 Å². The second-order valence-electron chi connectivity index (χ2n) is 4.82. The Kier molecular flexibility index (Phi) is 3.10. The molecule has 1 atom stereocenters. The van der Waals surface area contributed by atoms with Crippen molar-refractivity contribution in [2.24, 2.45) is 0 Å². The highest BCUT2D eigenvalue weighted by Crippen LogP contribution is 2.22. The number of halogens is 1. The molecule has 102 valence electrons. The number of carbonyl (C=O) groups excluding carboxylic acids is 2. The van der Waals surface area contributed by atoms with Crippen LogP contribution in [0, 0.1) is 5.82 Å². The van der Waals surface area contributed by atoms with Crippen LogP contribution >= 0.6 is 0 Å². The van der Waals surface area contributed by atoms with E-state index >= 15 is 0 Å². The standard InChI is InChI=1S/C15H13FN2O2/c16-13-6-5-12(10-3-1-2-4-11(10)13)15(20)18-9-7-14(19)17-8-9/h1-6,9H,7-8H2,(H,17,19)(H,18,20). The molecule has 1 fully saturated rings. The van der Waals surface area contributed by atoms with Crippen molar-refractivity contribution in [3.8, 4) is 0 Å². The minimum atomic E-state index is -0.352. The van der Waals surface area contributed by atoms with E-state index < -0.39 is 0 Å². The number of hydrogen-bond acceptors (Lipinski definition) is 2. The highest BCUT2D eigenvalue weighted by molar-refractivity contribution is 6.07. The highest BCUT2D eigenvalue weighted by atomic mass is 19.1. The molecule has 0 aliphatic carbocycles. The van der Waals surface area contributed by atoms with Crippen molar-refractivity contribution in [1.29, 1.82) is 0 Å². The number of carbonyl (C=O) groups is 2. The Balaban J connectivity index is 1.92. The Morgan fingerprint density at radius 3 is 2.65 bits per heavy atom. The van der Waals surface area contributed by atoms with Crippen LogP contribution in [0.2, 0.25) is 0 Å². The topological polar surface area (TPSA) is 58.2 Å². The van der Waals surface area contributed by atoms with Crippen molar-refractivity contribution < 1.29 is 14.0 Å². The monoisotopic (exact) mass is 272 g/mol. The molecule has 1 aliphatic rings. The summed E-state index contributed by atoms with van der Waals surface area (Å²) in [5, 5.41) is 6.44. The minimum absolute atomic E-state index is 0.0701. The van der Waals surface area contributed by atoms with E-state index in [2.05, 4.69) is 10.6 Å². The third-order valence-electron chi connectivity index (χ3n) is 3.43. The summed E-state index contributed by atoms with van der Waals surface area (Å²) >= 11 is 0. The molecule has 0 bridgehead atoms. The number of hydrogen-bond donors (Lipinski definition) is 2. The van der Waals surface area contributed by atoms with Gasteiger partial charge in [-0.15, -0.1) is 0 Å². The summed E-state index contributed by atoms with van der Waals surface area (Å²) in [6.45, 7) is 0.434. The van der Waals surface area contributed by atoms with Crippen molar-refractivity contribution in [3.05, 3.63) is 47.8 Å². The van der Waals surface area contributed by atoms with Crippen LogP contribution in [0.15, 0.2) is 36.4 Å². The number of benzene rings is 2. The number of fused-ring (bicyclic) bond motifs is 1. The SMILES string of the molecule is O=C1CC(NC(=O)c2ccc(F)c3ccccc23)CN1. The lowest BCUT2D eigenvalue weighted by Gasteiger charge is -2.12. The number of rotatable bonds is 2. The molecule has 5 heteroatoms. The summed E-state index contributed by atoms with van der Waals surface area (Å²) in [7, 11) is 0. The zero-order chi connectivity index (χ0) is 14.1. The summed E-state index contributed by atoms with van der Waals surface area (Å²) in [6.07, 6.45) is 0.283. The third kappa shape index (κ3) is 2.22. The normalized spacial score (nSPS) is 18.1. The molecule has 0 spiro atoms. The predicted molar refractivity (Wildman–Crippen MR) is 72.8 cm³/mol. The fourth-order valence-corrected chi connectivity index (χ4v) is 2.43. The lowest BCUT2D eigenvalue weighted by atomic mass is 10.0. The Hall–Kier alpha value is -2.43. The van der Waals surface area contributed by atoms with Crippen LogP contribution in [-0.4, -0.2) is 24.4 Å². The first-order valence-corrected chi connectivity index (χ1v) is 6.40. The average molecular weight is 272 g/mol. The zero-order valence-electron chi connectivity index (χ0n) is 10.7. The van der Waals surface area contributed by atoms with E-state index in [0.29, 0.717) is 22.9 Å². The van der Waals surface area contributed by atoms with Gasteiger partial charge in [0.1, 0.15) is 5.82 Å². The van der Waals surface area contributed by atoms with E-state index in [0.717, 1.165) is 0 Å². The second-order valence-corrected chi connectivity index (χ2v) is 4.82. The minimum Gasteiger partial charge on any atom is -0.354 e. The quantitative estimate of drug-likeness (QED) is 0.872. The molecule has 0 saturated carbocycles. The fourth-order valence-electron chi connectivity index (χ4n) is 2.43. The van der Waals surface area contributed by atoms with E-state index in [-0.39, 0.29) is 30.1 Å². The van der Waals surface area contributed by atoms with Crippen molar-refractivity contribution in [3.63, 3.8) is 0 Å². The van der Waals surface area contributed by atoms with Gasteiger partial charge < -0.3 is 10.6 Å². The van der Waals surface area contributed by atoms with Crippen LogP contribution in [0.3, 0.4) is 0 Å². The van der Waals surface area contributed by atoms with Gasteiger partial charge in [-0.3, -0.25) is 9.59 Å². The molecule has 4 nitrogen and oxygen atoms in total. The summed E-state index contributed by atoms with van der Waals surface area (Å²) < 4.78 is 13.7. The largest absolute Gasteiger partial charge is 0.354 e. The maximum atomic E-state index is 13.7. The molecule has 1 unspecified atom stereocenters. The smallest absolute Gasteiger partial charge is 0.252 e. The molecular formula is C15H13FN2O2. The van der Waals surface area contributed by atoms with Gasteiger partial charge in [0.25, 0.3) is 5.91 Å². The molecular weight excluding hydrogens is 259 g/mol. The fraction of sp³-hybridized carbons (Fsp3) is 0.200. The average Bonchev–Trinajstić information content (AvgIpc) is 2.84. The first-order chi connectivity index (χ1) is 9.65. The molecule has 0 aromatic heterocycles. The van der Waals surface area contributed by atoms with Gasteiger partial charge in [0, 0.05) is 23.9 Å². The third-order valence-corrected chi connectivity index (χ3v) is 3.43. The van der Waals surface area contributed by atoms with Crippen molar-refractivity contribution in [2.75, 3.05) is 6.54 Å². The van der Waals surface area contributed by atoms with Gasteiger partial charge in [0.2, 0.25) is 5.91 Å². The van der Waals surface area contributed by atoms with E-state index in [1.54, 1.807) is 24.3 Å². The summed E-state index contributed by atoms with van der Waals surface area (Å²) in [5.74, 6) is -0.711.